The molecule has 0 fully saturated rings. The minimum atomic E-state index is -0.764. The quantitative estimate of drug-likeness (QED) is 0.0344. The summed E-state index contributed by atoms with van der Waals surface area (Å²) in [5.41, 5.74) is 0. The Bertz CT molecular complexity index is 993. The molecule has 2 atom stereocenters. The van der Waals surface area contributed by atoms with Crippen LogP contribution in [0, 0.1) is 17.8 Å². The third-order valence-corrected chi connectivity index (χ3v) is 13.5. The summed E-state index contributed by atoms with van der Waals surface area (Å²) in [6.45, 7) is 13.8. The van der Waals surface area contributed by atoms with E-state index in [4.69, 9.17) is 14.2 Å². The van der Waals surface area contributed by atoms with Gasteiger partial charge in [0.25, 0.3) is 0 Å². The van der Waals surface area contributed by atoms with Crippen molar-refractivity contribution in [2.75, 3.05) is 13.2 Å². The molecule has 0 aromatic heterocycles. The average molecular weight is 906 g/mol. The van der Waals surface area contributed by atoms with Crippen molar-refractivity contribution in [2.24, 2.45) is 17.8 Å². The molecule has 0 rings (SSSR count). The van der Waals surface area contributed by atoms with E-state index >= 15 is 0 Å². The molecule has 0 bridgehead atoms. The summed E-state index contributed by atoms with van der Waals surface area (Å²) in [6, 6.07) is 0. The first-order valence-corrected chi connectivity index (χ1v) is 28.6. The number of hydrogen-bond acceptors (Lipinski definition) is 6. The highest BCUT2D eigenvalue weighted by atomic mass is 16.6. The van der Waals surface area contributed by atoms with Gasteiger partial charge >= 0.3 is 17.9 Å². The Morgan fingerprint density at radius 2 is 0.547 bits per heavy atom. The van der Waals surface area contributed by atoms with E-state index in [2.05, 4.69) is 41.5 Å². The zero-order valence-corrected chi connectivity index (χ0v) is 44.1. The van der Waals surface area contributed by atoms with Crippen molar-refractivity contribution in [2.45, 2.75) is 324 Å². The molecular weight excluding hydrogens is 793 g/mol. The lowest BCUT2D eigenvalue weighted by atomic mass is 9.99. The molecule has 1 unspecified atom stereocenters. The molecule has 0 aromatic carbocycles. The van der Waals surface area contributed by atoms with Gasteiger partial charge < -0.3 is 14.2 Å². The van der Waals surface area contributed by atoms with E-state index in [0.29, 0.717) is 19.3 Å². The molecule has 380 valence electrons. The molecule has 0 spiro atoms. The Balaban J connectivity index is 4.30. The van der Waals surface area contributed by atoms with Gasteiger partial charge in [-0.3, -0.25) is 14.4 Å². The number of hydrogen-bond donors (Lipinski definition) is 0. The van der Waals surface area contributed by atoms with Crippen molar-refractivity contribution in [1.29, 1.82) is 0 Å². The maximum Gasteiger partial charge on any atom is 0.306 e. The molecular formula is C58H112O6. The van der Waals surface area contributed by atoms with Crippen LogP contribution in [0.4, 0.5) is 0 Å². The summed E-state index contributed by atoms with van der Waals surface area (Å²) in [5, 5.41) is 0. The summed E-state index contributed by atoms with van der Waals surface area (Å²) in [6.07, 6.45) is 50.9. The molecule has 0 aliphatic rings. The van der Waals surface area contributed by atoms with Gasteiger partial charge in [0.15, 0.2) is 6.10 Å². The molecule has 0 heterocycles. The van der Waals surface area contributed by atoms with E-state index in [1.807, 2.05) is 0 Å². The van der Waals surface area contributed by atoms with Crippen molar-refractivity contribution < 1.29 is 28.6 Å². The summed E-state index contributed by atoms with van der Waals surface area (Å²) >= 11 is 0. The van der Waals surface area contributed by atoms with Crippen LogP contribution in [0.15, 0.2) is 0 Å². The molecule has 0 aliphatic heterocycles. The molecule has 0 saturated heterocycles. The van der Waals surface area contributed by atoms with Crippen molar-refractivity contribution in [3.63, 3.8) is 0 Å². The summed E-state index contributed by atoms with van der Waals surface area (Å²) in [4.78, 5) is 38.1. The zero-order chi connectivity index (χ0) is 47.0. The lowest BCUT2D eigenvalue weighted by molar-refractivity contribution is -0.167. The van der Waals surface area contributed by atoms with Gasteiger partial charge in [0.1, 0.15) is 13.2 Å². The zero-order valence-electron chi connectivity index (χ0n) is 44.1. The van der Waals surface area contributed by atoms with Crippen LogP contribution in [0.1, 0.15) is 318 Å². The van der Waals surface area contributed by atoms with E-state index < -0.39 is 6.10 Å². The van der Waals surface area contributed by atoms with E-state index in [1.165, 1.54) is 199 Å². The smallest absolute Gasteiger partial charge is 0.306 e. The normalized spacial score (nSPS) is 12.6. The first-order chi connectivity index (χ1) is 31.1. The van der Waals surface area contributed by atoms with Gasteiger partial charge in [0.05, 0.1) is 0 Å². The molecule has 0 aromatic rings. The van der Waals surface area contributed by atoms with Gasteiger partial charge in [0, 0.05) is 19.3 Å². The Kier molecular flexibility index (Phi) is 48.1. The maximum atomic E-state index is 12.8. The van der Waals surface area contributed by atoms with Crippen molar-refractivity contribution in [3.8, 4) is 0 Å². The van der Waals surface area contributed by atoms with Crippen molar-refractivity contribution >= 4 is 17.9 Å². The summed E-state index contributed by atoms with van der Waals surface area (Å²) in [5.74, 6) is 1.70. The molecule has 6 nitrogen and oxygen atoms in total. The minimum Gasteiger partial charge on any atom is -0.462 e. The Labute approximate surface area is 399 Å². The Hall–Kier alpha value is -1.59. The van der Waals surface area contributed by atoms with Gasteiger partial charge in [-0.05, 0) is 37.0 Å². The number of carbonyl (C=O) groups is 3. The van der Waals surface area contributed by atoms with Crippen LogP contribution >= 0.6 is 0 Å². The molecule has 64 heavy (non-hydrogen) atoms. The van der Waals surface area contributed by atoms with Crippen LogP contribution in [-0.2, 0) is 28.6 Å². The SMILES string of the molecule is CCC(C)CCCCCCCCCCCCC(=O)O[C@@H](COC(=O)CCCCCCCCCCCCCCCCCC(C)C)COC(=O)CCCCCCCCCCCCCC(C)C. The topological polar surface area (TPSA) is 78.9 Å². The average Bonchev–Trinajstić information content (AvgIpc) is 3.27. The molecule has 0 amide bonds. The third-order valence-electron chi connectivity index (χ3n) is 13.5. The second-order valence-electron chi connectivity index (χ2n) is 21.1. The second-order valence-corrected chi connectivity index (χ2v) is 21.1. The van der Waals surface area contributed by atoms with E-state index in [9.17, 15) is 14.4 Å². The van der Waals surface area contributed by atoms with Crippen LogP contribution in [0.5, 0.6) is 0 Å². The first kappa shape index (κ1) is 62.4. The van der Waals surface area contributed by atoms with Crippen LogP contribution in [0.25, 0.3) is 0 Å². The second kappa shape index (κ2) is 49.3. The fourth-order valence-electron chi connectivity index (χ4n) is 8.79. The number of ether oxygens (including phenoxy) is 3. The lowest BCUT2D eigenvalue weighted by Crippen LogP contribution is -2.30. The fraction of sp³-hybridized carbons (Fsp3) is 0.948. The molecule has 6 heteroatoms. The third kappa shape index (κ3) is 49.8. The fourth-order valence-corrected chi connectivity index (χ4v) is 8.79. The predicted octanol–water partition coefficient (Wildman–Crippen LogP) is 18.7. The Morgan fingerprint density at radius 1 is 0.312 bits per heavy atom. The molecule has 0 aliphatic carbocycles. The van der Waals surface area contributed by atoms with Gasteiger partial charge in [-0.15, -0.1) is 0 Å². The van der Waals surface area contributed by atoms with Crippen LogP contribution in [0.2, 0.25) is 0 Å². The first-order valence-electron chi connectivity index (χ1n) is 28.6. The maximum absolute atomic E-state index is 12.8. The summed E-state index contributed by atoms with van der Waals surface area (Å²) in [7, 11) is 0. The highest BCUT2D eigenvalue weighted by Gasteiger charge is 2.19. The van der Waals surface area contributed by atoms with E-state index in [1.54, 1.807) is 0 Å². The number of unbranched alkanes of at least 4 members (excludes halogenated alkanes) is 33. The van der Waals surface area contributed by atoms with Gasteiger partial charge in [-0.1, -0.05) is 279 Å². The number of carbonyl (C=O) groups excluding carboxylic acids is 3. The van der Waals surface area contributed by atoms with Crippen molar-refractivity contribution in [1.82, 2.24) is 0 Å². The van der Waals surface area contributed by atoms with E-state index in [0.717, 1.165) is 75.5 Å². The minimum absolute atomic E-state index is 0.0638. The largest absolute Gasteiger partial charge is 0.462 e. The van der Waals surface area contributed by atoms with Gasteiger partial charge in [0.2, 0.25) is 0 Å². The van der Waals surface area contributed by atoms with Crippen LogP contribution < -0.4 is 0 Å². The van der Waals surface area contributed by atoms with Gasteiger partial charge in [-0.2, -0.15) is 0 Å². The number of esters is 3. The highest BCUT2D eigenvalue weighted by molar-refractivity contribution is 5.71. The van der Waals surface area contributed by atoms with Crippen LogP contribution in [0.3, 0.4) is 0 Å². The van der Waals surface area contributed by atoms with Crippen LogP contribution in [-0.4, -0.2) is 37.2 Å². The van der Waals surface area contributed by atoms with Crippen molar-refractivity contribution in [3.05, 3.63) is 0 Å². The summed E-state index contributed by atoms with van der Waals surface area (Å²) < 4.78 is 16.9. The standard InChI is InChI=1S/C58H112O6/c1-7-54(6)46-40-34-28-22-18-19-25-31-37-43-49-58(61)64-55(51-63-57(60)48-42-36-30-24-17-13-15-21-27-33-39-45-53(4)5)50-62-56(59)47-41-35-29-23-16-12-10-8-9-11-14-20-26-32-38-44-52(2)3/h52-55H,7-51H2,1-6H3/t54?,55-/m0/s1. The molecule has 0 saturated carbocycles. The monoisotopic (exact) mass is 905 g/mol. The predicted molar refractivity (Wildman–Crippen MR) is 275 cm³/mol. The lowest BCUT2D eigenvalue weighted by Gasteiger charge is -2.18. The molecule has 0 N–H and O–H groups in total. The van der Waals surface area contributed by atoms with E-state index in [-0.39, 0.29) is 31.1 Å². The van der Waals surface area contributed by atoms with Gasteiger partial charge in [-0.25, -0.2) is 0 Å². The molecule has 0 radical (unpaired) electrons. The highest BCUT2D eigenvalue weighted by Crippen LogP contribution is 2.19. The number of rotatable bonds is 51. The Morgan fingerprint density at radius 3 is 0.812 bits per heavy atom.